The average molecular weight is 448 g/mol. The number of ether oxygens (including phenoxy) is 1. The van der Waals surface area contributed by atoms with Crippen LogP contribution in [-0.2, 0) is 0 Å². The highest BCUT2D eigenvalue weighted by Crippen LogP contribution is 2.32. The molecule has 2 aromatic carbocycles. The predicted molar refractivity (Wildman–Crippen MR) is 102 cm³/mol. The number of nitrogens with two attached hydrogens (primary N) is 1. The van der Waals surface area contributed by atoms with Gasteiger partial charge in [0.15, 0.2) is 0 Å². The Bertz CT molecular complexity index is 860. The fourth-order valence-corrected chi connectivity index (χ4v) is 2.99. The number of hydrogen-bond donors (Lipinski definition) is 5. The molecule has 0 spiro atoms. The van der Waals surface area contributed by atoms with Crippen molar-refractivity contribution in [1.29, 1.82) is 0 Å². The summed E-state index contributed by atoms with van der Waals surface area (Å²) in [6, 6.07) is 3.91. The molecule has 2 aromatic rings. The fraction of sp³-hybridized carbons (Fsp3) is 0.316. The van der Waals surface area contributed by atoms with Crippen LogP contribution in [0.2, 0.25) is 0 Å². The Morgan fingerprint density at radius 1 is 1.13 bits per heavy atom. The number of aliphatic hydroxyl groups is 1. The number of halogens is 5. The van der Waals surface area contributed by atoms with E-state index in [2.05, 4.69) is 20.9 Å². The molecule has 0 bridgehead atoms. The van der Waals surface area contributed by atoms with E-state index in [9.17, 15) is 31.9 Å². The summed E-state index contributed by atoms with van der Waals surface area (Å²) in [7, 11) is 0. The van der Waals surface area contributed by atoms with Crippen LogP contribution in [0.15, 0.2) is 36.4 Å². The number of anilines is 1. The Hall–Kier alpha value is -2.96. The Morgan fingerprint density at radius 2 is 1.71 bits per heavy atom. The van der Waals surface area contributed by atoms with Crippen LogP contribution in [0, 0.1) is 17.5 Å². The van der Waals surface area contributed by atoms with Gasteiger partial charge in [-0.05, 0) is 30.7 Å². The fourth-order valence-electron chi connectivity index (χ4n) is 2.99. The highest BCUT2D eigenvalue weighted by atomic mass is 19.3. The number of aliphatic hydroxyl groups excluding tert-OH is 1. The Kier molecular flexibility index (Phi) is 8.54. The van der Waals surface area contributed by atoms with Crippen molar-refractivity contribution in [2.75, 3.05) is 5.32 Å². The first-order valence-corrected chi connectivity index (χ1v) is 9.07. The van der Waals surface area contributed by atoms with E-state index in [-0.39, 0.29) is 12.1 Å². The third-order valence-corrected chi connectivity index (χ3v) is 4.34. The van der Waals surface area contributed by atoms with Gasteiger partial charge >= 0.3 is 12.6 Å². The zero-order chi connectivity index (χ0) is 23.1. The molecule has 0 radical (unpaired) electrons. The standard InChI is InChI=1S/C19H21F5N4O3/c1-2-12(15-13(21)7-11(8-14(15)22)31-18(23)24)16(17(25)29)27-28-19(30)26-10-5-3-9(20)4-6-10/h3-8,12,16-18,27,29H,2,25H2,1H3,(H2,26,28,30)/t12-,16-,17?/m0/s1. The van der Waals surface area contributed by atoms with Crippen molar-refractivity contribution in [3.8, 4) is 5.75 Å². The van der Waals surface area contributed by atoms with Crippen molar-refractivity contribution in [1.82, 2.24) is 10.9 Å². The molecule has 7 nitrogen and oxygen atoms in total. The van der Waals surface area contributed by atoms with Gasteiger partial charge in [0, 0.05) is 29.3 Å². The first-order chi connectivity index (χ1) is 14.6. The minimum absolute atomic E-state index is 0.0517. The molecule has 0 saturated carbocycles. The van der Waals surface area contributed by atoms with E-state index in [4.69, 9.17) is 5.73 Å². The number of hydrazine groups is 1. The van der Waals surface area contributed by atoms with Gasteiger partial charge < -0.3 is 20.9 Å². The summed E-state index contributed by atoms with van der Waals surface area (Å²) in [5, 5.41) is 12.3. The molecule has 6 N–H and O–H groups in total. The van der Waals surface area contributed by atoms with E-state index in [1.54, 1.807) is 6.92 Å². The lowest BCUT2D eigenvalue weighted by atomic mass is 9.87. The van der Waals surface area contributed by atoms with Crippen LogP contribution in [0.4, 0.5) is 32.4 Å². The SMILES string of the molecule is CC[C@@H](c1c(F)cc(OC(F)F)cc1F)[C@H](NNC(=O)Nc1ccc(F)cc1)C(N)O. The molecule has 3 atom stereocenters. The molecular weight excluding hydrogens is 427 g/mol. The van der Waals surface area contributed by atoms with Gasteiger partial charge in [-0.15, -0.1) is 0 Å². The zero-order valence-electron chi connectivity index (χ0n) is 16.2. The maximum absolute atomic E-state index is 14.5. The van der Waals surface area contributed by atoms with Gasteiger partial charge in [-0.25, -0.2) is 23.4 Å². The molecule has 170 valence electrons. The highest BCUT2D eigenvalue weighted by Gasteiger charge is 2.32. The first-order valence-electron chi connectivity index (χ1n) is 9.07. The van der Waals surface area contributed by atoms with Crippen LogP contribution in [-0.4, -0.2) is 30.0 Å². The number of alkyl halides is 2. The Labute approximate surface area is 174 Å². The van der Waals surface area contributed by atoms with E-state index in [1.165, 1.54) is 12.1 Å². The summed E-state index contributed by atoms with van der Waals surface area (Å²) in [5.74, 6) is -4.70. The van der Waals surface area contributed by atoms with Crippen molar-refractivity contribution in [3.63, 3.8) is 0 Å². The maximum atomic E-state index is 14.5. The number of amides is 2. The van der Waals surface area contributed by atoms with Gasteiger partial charge in [-0.1, -0.05) is 6.92 Å². The smallest absolute Gasteiger partial charge is 0.387 e. The van der Waals surface area contributed by atoms with Gasteiger partial charge in [-0.2, -0.15) is 8.78 Å². The molecule has 0 aliphatic heterocycles. The van der Waals surface area contributed by atoms with Gasteiger partial charge in [-0.3, -0.25) is 5.43 Å². The van der Waals surface area contributed by atoms with E-state index in [0.29, 0.717) is 12.1 Å². The van der Waals surface area contributed by atoms with Crippen LogP contribution in [0.3, 0.4) is 0 Å². The third-order valence-electron chi connectivity index (χ3n) is 4.34. The van der Waals surface area contributed by atoms with Crippen LogP contribution < -0.4 is 26.6 Å². The molecule has 0 aliphatic rings. The first kappa shape index (κ1) is 24.3. The normalized spacial score (nSPS) is 14.1. The van der Waals surface area contributed by atoms with Crippen molar-refractivity contribution >= 4 is 11.7 Å². The molecule has 2 rings (SSSR count). The van der Waals surface area contributed by atoms with Crippen molar-refractivity contribution in [2.24, 2.45) is 5.73 Å². The molecule has 31 heavy (non-hydrogen) atoms. The predicted octanol–water partition coefficient (Wildman–Crippen LogP) is 3.17. The minimum Gasteiger partial charge on any atom is -0.435 e. The van der Waals surface area contributed by atoms with Crippen molar-refractivity contribution < 1.29 is 36.6 Å². The highest BCUT2D eigenvalue weighted by molar-refractivity contribution is 5.88. The third kappa shape index (κ3) is 6.77. The molecular formula is C19H21F5N4O3. The Balaban J connectivity index is 2.16. The average Bonchev–Trinajstić information content (AvgIpc) is 2.67. The second kappa shape index (κ2) is 10.9. The minimum atomic E-state index is -3.27. The number of hydrogen-bond acceptors (Lipinski definition) is 5. The van der Waals surface area contributed by atoms with Gasteiger partial charge in [0.05, 0.1) is 6.04 Å². The topological polar surface area (TPSA) is 109 Å². The second-order valence-corrected chi connectivity index (χ2v) is 6.44. The molecule has 0 heterocycles. The van der Waals surface area contributed by atoms with Gasteiger partial charge in [0.2, 0.25) is 0 Å². The van der Waals surface area contributed by atoms with E-state index < -0.39 is 59.6 Å². The number of urea groups is 1. The van der Waals surface area contributed by atoms with Crippen LogP contribution in [0.1, 0.15) is 24.8 Å². The molecule has 1 unspecified atom stereocenters. The molecule has 12 heteroatoms. The number of nitrogens with one attached hydrogen (secondary N) is 3. The summed E-state index contributed by atoms with van der Waals surface area (Å²) in [6.45, 7) is -1.72. The summed E-state index contributed by atoms with van der Waals surface area (Å²) >= 11 is 0. The monoisotopic (exact) mass is 448 g/mol. The number of carbonyl (C=O) groups is 1. The summed E-state index contributed by atoms with van der Waals surface area (Å²) in [6.07, 6.45) is -1.62. The van der Waals surface area contributed by atoms with E-state index in [0.717, 1.165) is 12.1 Å². The van der Waals surface area contributed by atoms with Gasteiger partial charge in [0.1, 0.15) is 29.4 Å². The lowest BCUT2D eigenvalue weighted by molar-refractivity contribution is -0.0501. The molecule has 0 aromatic heterocycles. The number of benzene rings is 2. The lowest BCUT2D eigenvalue weighted by Gasteiger charge is -2.30. The zero-order valence-corrected chi connectivity index (χ0v) is 16.2. The van der Waals surface area contributed by atoms with Crippen molar-refractivity contribution in [3.05, 3.63) is 59.4 Å². The summed E-state index contributed by atoms with van der Waals surface area (Å²) < 4.78 is 70.5. The number of carbonyl (C=O) groups excluding carboxylic acids is 1. The van der Waals surface area contributed by atoms with E-state index >= 15 is 0 Å². The van der Waals surface area contributed by atoms with Crippen LogP contribution >= 0.6 is 0 Å². The number of rotatable bonds is 9. The molecule has 0 fully saturated rings. The van der Waals surface area contributed by atoms with E-state index in [1.807, 2.05) is 0 Å². The molecule has 0 aliphatic carbocycles. The quantitative estimate of drug-likeness (QED) is 0.230. The van der Waals surface area contributed by atoms with Crippen LogP contribution in [0.25, 0.3) is 0 Å². The molecule has 2 amide bonds. The van der Waals surface area contributed by atoms with Crippen molar-refractivity contribution in [2.45, 2.75) is 38.1 Å². The largest absolute Gasteiger partial charge is 0.435 e. The maximum Gasteiger partial charge on any atom is 0.387 e. The van der Waals surface area contributed by atoms with Gasteiger partial charge in [0.25, 0.3) is 0 Å². The molecule has 0 saturated heterocycles. The summed E-state index contributed by atoms with van der Waals surface area (Å²) in [4.78, 5) is 12.0. The Morgan fingerprint density at radius 3 is 2.19 bits per heavy atom. The lowest BCUT2D eigenvalue weighted by Crippen LogP contribution is -2.56. The second-order valence-electron chi connectivity index (χ2n) is 6.44. The summed E-state index contributed by atoms with van der Waals surface area (Å²) in [5.41, 5.74) is 9.82. The van der Waals surface area contributed by atoms with Crippen LogP contribution in [0.5, 0.6) is 5.75 Å².